The van der Waals surface area contributed by atoms with Crippen LogP contribution in [0.25, 0.3) is 10.1 Å². The van der Waals surface area contributed by atoms with Gasteiger partial charge < -0.3 is 19.8 Å². The lowest BCUT2D eigenvalue weighted by molar-refractivity contribution is -0.143. The van der Waals surface area contributed by atoms with E-state index in [0.717, 1.165) is 39.2 Å². The smallest absolute Gasteiger partial charge is 0.325 e. The number of β-lactam (4-membered cyclic amide) rings is 1. The van der Waals surface area contributed by atoms with Gasteiger partial charge in [-0.1, -0.05) is 54.8 Å². The number of aliphatic hydroxyl groups excluding tert-OH is 1. The van der Waals surface area contributed by atoms with E-state index in [1.165, 1.54) is 0 Å². The predicted octanol–water partition coefficient (Wildman–Crippen LogP) is 4.74. The summed E-state index contributed by atoms with van der Waals surface area (Å²) < 4.78 is 12.0. The molecule has 6 nitrogen and oxygen atoms in total. The highest BCUT2D eigenvalue weighted by atomic mass is 35.5. The van der Waals surface area contributed by atoms with Crippen molar-refractivity contribution >= 4 is 46.5 Å². The van der Waals surface area contributed by atoms with Crippen molar-refractivity contribution in [2.45, 2.75) is 57.1 Å². The third-order valence-electron chi connectivity index (χ3n) is 5.53. The lowest BCUT2D eigenvalue weighted by atomic mass is 9.99. The molecular weight excluding hydrogens is 457 g/mol. The fourth-order valence-corrected chi connectivity index (χ4v) is 5.93. The quantitative estimate of drug-likeness (QED) is 0.174. The average Bonchev–Trinajstić information content (AvgIpc) is 3.03. The van der Waals surface area contributed by atoms with Crippen LogP contribution < -0.4 is 0 Å². The normalized spacial score (nSPS) is 18.1. The molecule has 2 atom stereocenters. The van der Waals surface area contributed by atoms with E-state index in [1.54, 1.807) is 22.3 Å². The molecule has 3 N–H and O–H groups in total. The molecule has 31 heavy (non-hydrogen) atoms. The van der Waals surface area contributed by atoms with Crippen LogP contribution in [0.2, 0.25) is 5.02 Å². The molecule has 0 saturated carbocycles. The third-order valence-corrected chi connectivity index (χ3v) is 8.20. The Balaban J connectivity index is 1.39. The molecular formula is C22H29ClNO5PS. The Bertz CT molecular complexity index is 972. The summed E-state index contributed by atoms with van der Waals surface area (Å²) in [5.74, 6) is 0.108. The van der Waals surface area contributed by atoms with Gasteiger partial charge in [0.15, 0.2) is 0 Å². The topological polar surface area (TPSA) is 98.1 Å². The molecule has 170 valence electrons. The van der Waals surface area contributed by atoms with Crippen LogP contribution in [0.3, 0.4) is 0 Å². The summed E-state index contributed by atoms with van der Waals surface area (Å²) in [6.07, 6.45) is 7.63. The molecule has 2 heterocycles. The van der Waals surface area contributed by atoms with E-state index in [9.17, 15) is 14.5 Å². The number of fused-ring (bicyclic) bond motifs is 1. The van der Waals surface area contributed by atoms with Crippen molar-refractivity contribution in [2.24, 2.45) is 0 Å². The standard InChI is InChI=1S/C22H29ClNO5PS/c23-22-18-7-3-4-8-19(18)31-20(22)12-11-17(25)10-9-16-15-21(26)24(16)13-5-1-2-6-14-30(27,28)29/h3-4,7-10,16-17,25H,1-2,5-6,11-15H2,(H2,27,28,29)/b10-9+/t16-,17?/m0/s1. The first-order valence-electron chi connectivity index (χ1n) is 10.6. The summed E-state index contributed by atoms with van der Waals surface area (Å²) in [6, 6.07) is 8.03. The number of aliphatic hydroxyl groups is 1. The highest BCUT2D eigenvalue weighted by molar-refractivity contribution is 7.51. The van der Waals surface area contributed by atoms with Gasteiger partial charge in [0.25, 0.3) is 0 Å². The molecule has 1 unspecified atom stereocenters. The van der Waals surface area contributed by atoms with Crippen LogP contribution in [-0.4, -0.2) is 50.6 Å². The van der Waals surface area contributed by atoms with Crippen LogP contribution in [-0.2, 0) is 15.8 Å². The highest BCUT2D eigenvalue weighted by Gasteiger charge is 2.33. The van der Waals surface area contributed by atoms with Crippen molar-refractivity contribution in [1.29, 1.82) is 0 Å². The van der Waals surface area contributed by atoms with E-state index in [4.69, 9.17) is 21.4 Å². The number of nitrogens with zero attached hydrogens (tertiary/aromatic N) is 1. The lowest BCUT2D eigenvalue weighted by Gasteiger charge is -2.39. The minimum Gasteiger partial charge on any atom is -0.389 e. The van der Waals surface area contributed by atoms with E-state index >= 15 is 0 Å². The van der Waals surface area contributed by atoms with Gasteiger partial charge in [0.2, 0.25) is 5.91 Å². The number of halogens is 1. The first-order valence-corrected chi connectivity index (χ1v) is 13.6. The minimum absolute atomic E-state index is 0.0187. The largest absolute Gasteiger partial charge is 0.389 e. The van der Waals surface area contributed by atoms with Crippen LogP contribution in [0.5, 0.6) is 0 Å². The van der Waals surface area contributed by atoms with Gasteiger partial charge in [-0.05, 0) is 31.7 Å². The number of hydrogen-bond acceptors (Lipinski definition) is 4. The van der Waals surface area contributed by atoms with Crippen LogP contribution >= 0.6 is 30.5 Å². The molecule has 1 aliphatic rings. The SMILES string of the molecule is O=C1C[C@H](/C=C/C(O)CCc2sc3ccccc3c2Cl)N1CCCCCCP(=O)(O)O. The van der Waals surface area contributed by atoms with Gasteiger partial charge in [0, 0.05) is 27.7 Å². The third kappa shape index (κ3) is 7.14. The number of unbranched alkanes of at least 4 members (excludes halogenated alkanes) is 3. The number of benzene rings is 1. The van der Waals surface area contributed by atoms with Gasteiger partial charge in [0.1, 0.15) is 0 Å². The number of likely N-dealkylation sites (tertiary alicyclic amines) is 1. The van der Waals surface area contributed by atoms with Crippen molar-refractivity contribution in [2.75, 3.05) is 12.7 Å². The maximum Gasteiger partial charge on any atom is 0.325 e. The first kappa shape index (κ1) is 24.4. The second-order valence-corrected chi connectivity index (χ2v) is 11.3. The van der Waals surface area contributed by atoms with Gasteiger partial charge in [0.05, 0.1) is 23.6 Å². The van der Waals surface area contributed by atoms with Gasteiger partial charge in [-0.3, -0.25) is 9.36 Å². The maximum absolute atomic E-state index is 11.9. The zero-order chi connectivity index (χ0) is 22.4. The van der Waals surface area contributed by atoms with E-state index in [2.05, 4.69) is 0 Å². The molecule has 0 aliphatic carbocycles. The van der Waals surface area contributed by atoms with Crippen molar-refractivity contribution in [3.63, 3.8) is 0 Å². The molecule has 0 spiro atoms. The highest BCUT2D eigenvalue weighted by Crippen LogP contribution is 2.36. The van der Waals surface area contributed by atoms with Crippen LogP contribution in [0, 0.1) is 0 Å². The molecule has 0 bridgehead atoms. The fraction of sp³-hybridized carbons (Fsp3) is 0.500. The summed E-state index contributed by atoms with van der Waals surface area (Å²) >= 11 is 8.12. The second kappa shape index (κ2) is 11.1. The van der Waals surface area contributed by atoms with Gasteiger partial charge in [-0.15, -0.1) is 11.3 Å². The van der Waals surface area contributed by atoms with Gasteiger partial charge in [-0.2, -0.15) is 0 Å². The van der Waals surface area contributed by atoms with Crippen LogP contribution in [0.4, 0.5) is 0 Å². The Hall–Kier alpha value is -1.21. The van der Waals surface area contributed by atoms with Crippen molar-refractivity contribution in [1.82, 2.24) is 4.90 Å². The van der Waals surface area contributed by atoms with Crippen molar-refractivity contribution < 1.29 is 24.3 Å². The zero-order valence-corrected chi connectivity index (χ0v) is 19.8. The number of aryl methyl sites for hydroxylation is 1. The molecule has 2 aromatic rings. The Morgan fingerprint density at radius 1 is 1.23 bits per heavy atom. The first-order chi connectivity index (χ1) is 14.7. The summed E-state index contributed by atoms with van der Waals surface area (Å²) in [7, 11) is -3.91. The molecule has 1 amide bonds. The molecule has 1 aliphatic heterocycles. The number of thiophene rings is 1. The minimum atomic E-state index is -3.91. The summed E-state index contributed by atoms with van der Waals surface area (Å²) in [6.45, 7) is 0.636. The average molecular weight is 486 g/mol. The molecule has 1 saturated heterocycles. The van der Waals surface area contributed by atoms with Gasteiger partial charge in [-0.25, -0.2) is 0 Å². The second-order valence-electron chi connectivity index (χ2n) is 7.99. The van der Waals surface area contributed by atoms with Crippen LogP contribution in [0.1, 0.15) is 43.4 Å². The molecule has 0 radical (unpaired) electrons. The van der Waals surface area contributed by atoms with Crippen molar-refractivity contribution in [3.8, 4) is 0 Å². The maximum atomic E-state index is 11.9. The van der Waals surface area contributed by atoms with Crippen molar-refractivity contribution in [3.05, 3.63) is 46.3 Å². The van der Waals surface area contributed by atoms with E-state index in [-0.39, 0.29) is 18.1 Å². The fourth-order valence-electron chi connectivity index (χ4n) is 3.75. The number of carbonyl (C=O) groups is 1. The molecule has 3 rings (SSSR count). The molecule has 1 aromatic heterocycles. The number of hydrogen-bond donors (Lipinski definition) is 3. The number of carbonyl (C=O) groups excluding carboxylic acids is 1. The molecule has 1 aromatic carbocycles. The molecule has 9 heteroatoms. The summed E-state index contributed by atoms with van der Waals surface area (Å²) in [5, 5.41) is 12.2. The van der Waals surface area contributed by atoms with E-state index < -0.39 is 13.7 Å². The Morgan fingerprint density at radius 2 is 1.97 bits per heavy atom. The molecule has 1 fully saturated rings. The summed E-state index contributed by atoms with van der Waals surface area (Å²) in [5.41, 5.74) is 0. The lowest BCUT2D eigenvalue weighted by Crippen LogP contribution is -2.51. The van der Waals surface area contributed by atoms with E-state index in [0.29, 0.717) is 32.2 Å². The zero-order valence-electron chi connectivity index (χ0n) is 17.3. The van der Waals surface area contributed by atoms with Gasteiger partial charge >= 0.3 is 7.60 Å². The monoisotopic (exact) mass is 485 g/mol. The predicted molar refractivity (Wildman–Crippen MR) is 126 cm³/mol. The summed E-state index contributed by atoms with van der Waals surface area (Å²) in [4.78, 5) is 32.5. The number of amides is 1. The van der Waals surface area contributed by atoms with E-state index in [1.807, 2.05) is 30.3 Å². The Kier molecular flexibility index (Phi) is 8.74. The van der Waals surface area contributed by atoms with Crippen LogP contribution in [0.15, 0.2) is 36.4 Å². The number of rotatable bonds is 12. The Labute approximate surface area is 191 Å². The Morgan fingerprint density at radius 3 is 2.68 bits per heavy atom.